The Hall–Kier alpha value is -3.17. The summed E-state index contributed by atoms with van der Waals surface area (Å²) in [7, 11) is 0. The van der Waals surface area contributed by atoms with Crippen LogP contribution in [0.5, 0.6) is 5.75 Å². The van der Waals surface area contributed by atoms with Crippen LogP contribution in [0.2, 0.25) is 0 Å². The summed E-state index contributed by atoms with van der Waals surface area (Å²) in [5, 5.41) is 23.0. The Labute approximate surface area is 201 Å². The van der Waals surface area contributed by atoms with Crippen LogP contribution in [-0.4, -0.2) is 28.0 Å². The molecule has 1 aromatic heterocycles. The van der Waals surface area contributed by atoms with Crippen molar-refractivity contribution in [3.8, 4) is 34.7 Å². The molecule has 1 heterocycles. The summed E-state index contributed by atoms with van der Waals surface area (Å²) in [4.78, 5) is 4.68. The molecule has 6 heteroatoms. The summed E-state index contributed by atoms with van der Waals surface area (Å²) in [6.45, 7) is 8.74. The summed E-state index contributed by atoms with van der Waals surface area (Å²) in [5.41, 5.74) is 4.85. The molecule has 3 atom stereocenters. The van der Waals surface area contributed by atoms with E-state index in [0.717, 1.165) is 31.2 Å². The maximum atomic E-state index is 9.54. The molecule has 3 aromatic rings. The van der Waals surface area contributed by atoms with Gasteiger partial charge in [-0.3, -0.25) is 0 Å². The third-order valence-corrected chi connectivity index (χ3v) is 7.04. The molecule has 0 spiro atoms. The van der Waals surface area contributed by atoms with Crippen molar-refractivity contribution in [3.05, 3.63) is 53.1 Å². The predicted molar refractivity (Wildman–Crippen MR) is 131 cm³/mol. The standard InChI is InChI=1S/C28H33N3O3/c1-17(2)33-26-13-10-20(15-21(26)16-29)28-30-27(31-34-28)25-9-5-8-23-22(11-12-24(23)25)19(4)18(3)7-6-14-32/h5,8-10,13,15,17-19,22,32H,6-7,11-12,14H2,1-4H3. The quantitative estimate of drug-likeness (QED) is 0.413. The number of fused-ring (bicyclic) bond motifs is 1. The molecule has 0 saturated heterocycles. The van der Waals surface area contributed by atoms with Gasteiger partial charge in [0.25, 0.3) is 5.89 Å². The third kappa shape index (κ3) is 4.85. The van der Waals surface area contributed by atoms with Crippen molar-refractivity contribution in [1.82, 2.24) is 10.1 Å². The fourth-order valence-electron chi connectivity index (χ4n) is 5.07. The van der Waals surface area contributed by atoms with Gasteiger partial charge >= 0.3 is 0 Å². The third-order valence-electron chi connectivity index (χ3n) is 7.04. The van der Waals surface area contributed by atoms with Gasteiger partial charge in [-0.25, -0.2) is 0 Å². The van der Waals surface area contributed by atoms with Gasteiger partial charge in [-0.1, -0.05) is 37.2 Å². The lowest BCUT2D eigenvalue weighted by atomic mass is 9.78. The molecule has 1 N–H and O–H groups in total. The molecule has 1 aliphatic rings. The average molecular weight is 460 g/mol. The Morgan fingerprint density at radius 3 is 2.76 bits per heavy atom. The molecule has 0 radical (unpaired) electrons. The summed E-state index contributed by atoms with van der Waals surface area (Å²) in [6, 6.07) is 13.9. The predicted octanol–water partition coefficient (Wildman–Crippen LogP) is 6.14. The van der Waals surface area contributed by atoms with Crippen LogP contribution < -0.4 is 4.74 Å². The minimum atomic E-state index is -0.0163. The van der Waals surface area contributed by atoms with Gasteiger partial charge in [0.2, 0.25) is 5.82 Å². The molecule has 0 aliphatic heterocycles. The second-order valence-electron chi connectivity index (χ2n) is 9.63. The first kappa shape index (κ1) is 24.0. The number of nitrogens with zero attached hydrogens (tertiary/aromatic N) is 3. The highest BCUT2D eigenvalue weighted by molar-refractivity contribution is 5.67. The number of hydrogen-bond acceptors (Lipinski definition) is 6. The maximum Gasteiger partial charge on any atom is 0.258 e. The number of ether oxygens (including phenoxy) is 1. The number of rotatable bonds is 9. The van der Waals surface area contributed by atoms with Gasteiger partial charge in [0.15, 0.2) is 0 Å². The molecular formula is C28H33N3O3. The fraction of sp³-hybridized carbons (Fsp3) is 0.464. The van der Waals surface area contributed by atoms with E-state index in [-0.39, 0.29) is 12.7 Å². The number of benzene rings is 2. The first-order valence-corrected chi connectivity index (χ1v) is 12.2. The van der Waals surface area contributed by atoms with Crippen LogP contribution in [0, 0.1) is 23.2 Å². The van der Waals surface area contributed by atoms with Gasteiger partial charge in [0, 0.05) is 17.7 Å². The number of nitriles is 1. The minimum absolute atomic E-state index is 0.0163. The first-order chi connectivity index (χ1) is 16.4. The Balaban J connectivity index is 1.60. The Kier molecular flexibility index (Phi) is 7.33. The minimum Gasteiger partial charge on any atom is -0.490 e. The first-order valence-electron chi connectivity index (χ1n) is 12.2. The highest BCUT2D eigenvalue weighted by Gasteiger charge is 2.32. The largest absolute Gasteiger partial charge is 0.490 e. The molecule has 34 heavy (non-hydrogen) atoms. The van der Waals surface area contributed by atoms with Crippen molar-refractivity contribution >= 4 is 0 Å². The monoisotopic (exact) mass is 459 g/mol. The molecule has 1 aliphatic carbocycles. The second-order valence-corrected chi connectivity index (χ2v) is 9.63. The van der Waals surface area contributed by atoms with Crippen molar-refractivity contribution < 1.29 is 14.4 Å². The Morgan fingerprint density at radius 2 is 2.03 bits per heavy atom. The normalized spacial score (nSPS) is 16.8. The lowest BCUT2D eigenvalue weighted by Gasteiger charge is -2.26. The lowest BCUT2D eigenvalue weighted by molar-refractivity contribution is 0.241. The van der Waals surface area contributed by atoms with Crippen LogP contribution >= 0.6 is 0 Å². The van der Waals surface area contributed by atoms with Crippen LogP contribution in [0.1, 0.15) is 69.6 Å². The van der Waals surface area contributed by atoms with Crippen LogP contribution in [0.3, 0.4) is 0 Å². The molecule has 0 saturated carbocycles. The SMILES string of the molecule is CC(C)Oc1ccc(-c2nc(-c3cccc4c3CCC4C(C)C(C)CCCO)no2)cc1C#N. The summed E-state index contributed by atoms with van der Waals surface area (Å²) in [5.74, 6) is 3.12. The molecule has 4 rings (SSSR count). The molecule has 6 nitrogen and oxygen atoms in total. The van der Waals surface area contributed by atoms with Crippen molar-refractivity contribution in [1.29, 1.82) is 5.26 Å². The van der Waals surface area contributed by atoms with E-state index in [1.54, 1.807) is 12.1 Å². The van der Waals surface area contributed by atoms with E-state index in [0.29, 0.717) is 46.3 Å². The van der Waals surface area contributed by atoms with Gasteiger partial charge in [0.1, 0.15) is 11.8 Å². The molecular weight excluding hydrogens is 426 g/mol. The number of hydrogen-bond donors (Lipinski definition) is 1. The highest BCUT2D eigenvalue weighted by atomic mass is 16.5. The fourth-order valence-corrected chi connectivity index (χ4v) is 5.07. The highest BCUT2D eigenvalue weighted by Crippen LogP contribution is 2.45. The van der Waals surface area contributed by atoms with E-state index in [4.69, 9.17) is 9.26 Å². The molecule has 3 unspecified atom stereocenters. The van der Waals surface area contributed by atoms with E-state index in [1.165, 1.54) is 11.1 Å². The van der Waals surface area contributed by atoms with Crippen LogP contribution in [0.4, 0.5) is 0 Å². The van der Waals surface area contributed by atoms with E-state index < -0.39 is 0 Å². The van der Waals surface area contributed by atoms with Crippen LogP contribution in [-0.2, 0) is 6.42 Å². The zero-order valence-corrected chi connectivity index (χ0v) is 20.4. The van der Waals surface area contributed by atoms with Crippen molar-refractivity contribution in [2.45, 2.75) is 65.4 Å². The van der Waals surface area contributed by atoms with E-state index >= 15 is 0 Å². The average Bonchev–Trinajstić information content (AvgIpc) is 3.49. The summed E-state index contributed by atoms with van der Waals surface area (Å²) < 4.78 is 11.3. The number of aliphatic hydroxyl groups is 1. The summed E-state index contributed by atoms with van der Waals surface area (Å²) >= 11 is 0. The van der Waals surface area contributed by atoms with Crippen LogP contribution in [0.15, 0.2) is 40.9 Å². The van der Waals surface area contributed by atoms with Gasteiger partial charge in [-0.15, -0.1) is 0 Å². The molecule has 178 valence electrons. The van der Waals surface area contributed by atoms with Crippen molar-refractivity contribution in [3.63, 3.8) is 0 Å². The molecule has 2 aromatic carbocycles. The smallest absolute Gasteiger partial charge is 0.258 e. The zero-order valence-electron chi connectivity index (χ0n) is 20.4. The zero-order chi connectivity index (χ0) is 24.2. The summed E-state index contributed by atoms with van der Waals surface area (Å²) in [6.07, 6.45) is 4.00. The van der Waals surface area contributed by atoms with Crippen molar-refractivity contribution in [2.75, 3.05) is 6.61 Å². The van der Waals surface area contributed by atoms with E-state index in [1.807, 2.05) is 19.9 Å². The molecule has 0 amide bonds. The lowest BCUT2D eigenvalue weighted by Crippen LogP contribution is -2.16. The Bertz CT molecular complexity index is 1180. The van der Waals surface area contributed by atoms with Crippen LogP contribution in [0.25, 0.3) is 22.8 Å². The Morgan fingerprint density at radius 1 is 1.21 bits per heavy atom. The maximum absolute atomic E-state index is 9.54. The van der Waals surface area contributed by atoms with E-state index in [9.17, 15) is 10.4 Å². The molecule has 0 fully saturated rings. The van der Waals surface area contributed by atoms with Gasteiger partial charge < -0.3 is 14.4 Å². The van der Waals surface area contributed by atoms with Gasteiger partial charge in [0.05, 0.1) is 11.7 Å². The number of aromatic nitrogens is 2. The second kappa shape index (κ2) is 10.4. The molecule has 0 bridgehead atoms. The number of aliphatic hydroxyl groups excluding tert-OH is 1. The van der Waals surface area contributed by atoms with Crippen molar-refractivity contribution in [2.24, 2.45) is 11.8 Å². The van der Waals surface area contributed by atoms with E-state index in [2.05, 4.69) is 48.3 Å². The van der Waals surface area contributed by atoms with Gasteiger partial charge in [-0.05, 0) is 86.6 Å². The topological polar surface area (TPSA) is 92.2 Å². The van der Waals surface area contributed by atoms with Gasteiger partial charge in [-0.2, -0.15) is 10.2 Å².